The van der Waals surface area contributed by atoms with Gasteiger partial charge in [0.1, 0.15) is 6.10 Å². The first-order chi connectivity index (χ1) is 17.4. The van der Waals surface area contributed by atoms with Gasteiger partial charge in [-0.3, -0.25) is 9.85 Å². The van der Waals surface area contributed by atoms with E-state index in [2.05, 4.69) is 0 Å². The van der Waals surface area contributed by atoms with Gasteiger partial charge in [0.15, 0.2) is 0 Å². The number of hydrogen-bond donors (Lipinski definition) is 1. The molecule has 0 saturated carbocycles. The summed E-state index contributed by atoms with van der Waals surface area (Å²) >= 11 is 6.27. The normalized spacial score (nSPS) is 21.4. The summed E-state index contributed by atoms with van der Waals surface area (Å²) < 4.78 is 10.5. The Kier molecular flexibility index (Phi) is 11.6. The van der Waals surface area contributed by atoms with Crippen LogP contribution in [-0.4, -0.2) is 73.6 Å². The van der Waals surface area contributed by atoms with Crippen LogP contribution in [0.3, 0.4) is 0 Å². The molecule has 2 unspecified atom stereocenters. The van der Waals surface area contributed by atoms with Gasteiger partial charge in [-0.25, -0.2) is 15.4 Å². The fourth-order valence-corrected chi connectivity index (χ4v) is 5.24. The van der Waals surface area contributed by atoms with E-state index < -0.39 is 12.2 Å². The van der Waals surface area contributed by atoms with Crippen LogP contribution in [0, 0.1) is 11.8 Å². The third-order valence-electron chi connectivity index (χ3n) is 7.00. The average Bonchev–Trinajstić information content (AvgIpc) is 3.17. The van der Waals surface area contributed by atoms with E-state index in [-0.39, 0.29) is 11.9 Å². The maximum Gasteiger partial charge on any atom is 0.433 e. The van der Waals surface area contributed by atoms with Crippen LogP contribution in [-0.2, 0) is 14.3 Å². The summed E-state index contributed by atoms with van der Waals surface area (Å²) in [6.45, 7) is 5.41. The van der Waals surface area contributed by atoms with Gasteiger partial charge < -0.3 is 14.4 Å². The molecule has 9 nitrogen and oxygen atoms in total. The zero-order valence-electron chi connectivity index (χ0n) is 21.6. The molecule has 0 aromatic heterocycles. The van der Waals surface area contributed by atoms with Crippen molar-refractivity contribution in [2.75, 3.05) is 46.5 Å². The standard InChI is InChI=1S/C26H41ClN4O5/c1-3-31(26(33)34-2)36-24(21-11-6-13-23(27)17-21)22-12-8-14-29(18-22)25(32)30(28)15-7-10-20-9-4-5-16-35-19-20/h6,11,13,17,20,22,24H,3-5,7-10,12,14-16,18-19,28H2,1-2H3/t20?,22?,24-/m0/s1. The molecule has 0 aliphatic carbocycles. The molecule has 0 spiro atoms. The molecule has 2 saturated heterocycles. The Morgan fingerprint density at radius 3 is 2.86 bits per heavy atom. The topological polar surface area (TPSA) is 97.6 Å². The third kappa shape index (κ3) is 8.23. The summed E-state index contributed by atoms with van der Waals surface area (Å²) in [7, 11) is 1.32. The number of methoxy groups -OCH3 is 1. The Balaban J connectivity index is 1.63. The van der Waals surface area contributed by atoms with Crippen molar-refractivity contribution in [1.29, 1.82) is 0 Å². The van der Waals surface area contributed by atoms with Crippen molar-refractivity contribution in [1.82, 2.24) is 15.0 Å². The minimum atomic E-state index is -0.569. The number of nitrogens with zero attached hydrogens (tertiary/aromatic N) is 3. The van der Waals surface area contributed by atoms with Crippen LogP contribution in [0.4, 0.5) is 9.59 Å². The number of amides is 3. The smallest absolute Gasteiger partial charge is 0.433 e. The van der Waals surface area contributed by atoms with Crippen LogP contribution >= 0.6 is 11.6 Å². The number of carbonyl (C=O) groups is 2. The van der Waals surface area contributed by atoms with E-state index in [9.17, 15) is 9.59 Å². The van der Waals surface area contributed by atoms with Crippen molar-refractivity contribution in [3.8, 4) is 0 Å². The molecule has 2 fully saturated rings. The molecule has 3 atom stereocenters. The van der Waals surface area contributed by atoms with Crippen LogP contribution in [0.1, 0.15) is 63.5 Å². The first-order valence-corrected chi connectivity index (χ1v) is 13.5. The zero-order valence-corrected chi connectivity index (χ0v) is 22.3. The average molecular weight is 525 g/mol. The van der Waals surface area contributed by atoms with E-state index in [0.717, 1.165) is 50.9 Å². The maximum atomic E-state index is 13.2. The van der Waals surface area contributed by atoms with Gasteiger partial charge in [-0.2, -0.15) is 5.06 Å². The second kappa shape index (κ2) is 14.6. The predicted molar refractivity (Wildman–Crippen MR) is 138 cm³/mol. The first kappa shape index (κ1) is 28.5. The van der Waals surface area contributed by atoms with Crippen molar-refractivity contribution in [3.05, 3.63) is 34.9 Å². The van der Waals surface area contributed by atoms with Crippen molar-refractivity contribution < 1.29 is 23.9 Å². The van der Waals surface area contributed by atoms with Crippen molar-refractivity contribution >= 4 is 23.7 Å². The summed E-state index contributed by atoms with van der Waals surface area (Å²) in [5, 5.41) is 3.12. The summed E-state index contributed by atoms with van der Waals surface area (Å²) in [5.41, 5.74) is 0.847. The highest BCUT2D eigenvalue weighted by atomic mass is 35.5. The number of rotatable bonds is 9. The van der Waals surface area contributed by atoms with Crippen LogP contribution in [0.5, 0.6) is 0 Å². The number of urea groups is 1. The molecule has 2 aliphatic rings. The Morgan fingerprint density at radius 1 is 1.28 bits per heavy atom. The lowest BCUT2D eigenvalue weighted by molar-refractivity contribution is -0.193. The number of halogens is 1. The van der Waals surface area contributed by atoms with E-state index in [1.165, 1.54) is 30.0 Å². The predicted octanol–water partition coefficient (Wildman–Crippen LogP) is 5.01. The molecule has 3 rings (SSSR count). The fraction of sp³-hybridized carbons (Fsp3) is 0.692. The van der Waals surface area contributed by atoms with Crippen molar-refractivity contribution in [2.24, 2.45) is 17.7 Å². The Labute approximate surface area is 219 Å². The van der Waals surface area contributed by atoms with Gasteiger partial charge in [-0.1, -0.05) is 30.2 Å². The van der Waals surface area contributed by atoms with E-state index in [4.69, 9.17) is 31.8 Å². The minimum Gasteiger partial charge on any atom is -0.451 e. The lowest BCUT2D eigenvalue weighted by Crippen LogP contribution is -2.51. The lowest BCUT2D eigenvalue weighted by atomic mass is 9.88. The number of benzene rings is 1. The maximum absolute atomic E-state index is 13.2. The molecule has 10 heteroatoms. The molecule has 1 aromatic carbocycles. The third-order valence-corrected chi connectivity index (χ3v) is 7.24. The molecule has 0 radical (unpaired) electrons. The number of piperidine rings is 1. The van der Waals surface area contributed by atoms with Crippen LogP contribution in [0.25, 0.3) is 0 Å². The van der Waals surface area contributed by atoms with Gasteiger partial charge in [0, 0.05) is 50.3 Å². The molecular weight excluding hydrogens is 484 g/mol. The van der Waals surface area contributed by atoms with Gasteiger partial charge in [-0.15, -0.1) is 0 Å². The van der Waals surface area contributed by atoms with Crippen molar-refractivity contribution in [3.63, 3.8) is 0 Å². The molecule has 0 bridgehead atoms. The van der Waals surface area contributed by atoms with Crippen molar-refractivity contribution in [2.45, 2.75) is 58.0 Å². The van der Waals surface area contributed by atoms with Crippen LogP contribution in [0.15, 0.2) is 24.3 Å². The number of hydroxylamine groups is 2. The zero-order chi connectivity index (χ0) is 25.9. The second-order valence-electron chi connectivity index (χ2n) is 9.65. The Bertz CT molecular complexity index is 836. The van der Waals surface area contributed by atoms with Gasteiger partial charge in [0.25, 0.3) is 0 Å². The van der Waals surface area contributed by atoms with Crippen LogP contribution < -0.4 is 5.84 Å². The lowest BCUT2D eigenvalue weighted by Gasteiger charge is -2.39. The second-order valence-corrected chi connectivity index (χ2v) is 10.1. The quantitative estimate of drug-likeness (QED) is 0.277. The fourth-order valence-electron chi connectivity index (χ4n) is 5.04. The van der Waals surface area contributed by atoms with E-state index in [1.54, 1.807) is 11.0 Å². The number of hydrogen-bond acceptors (Lipinski definition) is 6. The van der Waals surface area contributed by atoms with Gasteiger partial charge >= 0.3 is 12.1 Å². The molecule has 2 heterocycles. The largest absolute Gasteiger partial charge is 0.451 e. The Morgan fingerprint density at radius 2 is 2.11 bits per heavy atom. The minimum absolute atomic E-state index is 0.0450. The number of carbonyl (C=O) groups excluding carboxylic acids is 2. The van der Waals surface area contributed by atoms with E-state index in [1.807, 2.05) is 25.1 Å². The molecule has 202 valence electrons. The number of ether oxygens (including phenoxy) is 2. The summed E-state index contributed by atoms with van der Waals surface area (Å²) in [6, 6.07) is 7.24. The highest BCUT2D eigenvalue weighted by molar-refractivity contribution is 6.30. The first-order valence-electron chi connectivity index (χ1n) is 13.1. The SMILES string of the molecule is CCN(O[C@@H](c1cccc(Cl)c1)C1CCCN(C(=O)N(N)CCCC2CCCCOC2)C1)C(=O)OC. The number of nitrogens with two attached hydrogens (primary N) is 1. The van der Waals surface area contributed by atoms with E-state index >= 15 is 0 Å². The van der Waals surface area contributed by atoms with Crippen LogP contribution in [0.2, 0.25) is 5.02 Å². The number of hydrazine groups is 1. The van der Waals surface area contributed by atoms with Gasteiger partial charge in [0.05, 0.1) is 7.11 Å². The van der Waals surface area contributed by atoms with Gasteiger partial charge in [-0.05, 0) is 69.1 Å². The monoisotopic (exact) mass is 524 g/mol. The van der Waals surface area contributed by atoms with Gasteiger partial charge in [0.2, 0.25) is 0 Å². The molecule has 2 N–H and O–H groups in total. The molecule has 3 amide bonds. The summed E-state index contributed by atoms with van der Waals surface area (Å²) in [5.74, 6) is 6.70. The summed E-state index contributed by atoms with van der Waals surface area (Å²) in [4.78, 5) is 33.4. The van der Waals surface area contributed by atoms with E-state index in [0.29, 0.717) is 37.1 Å². The summed E-state index contributed by atoms with van der Waals surface area (Å²) in [6.07, 6.45) is 5.98. The molecule has 2 aliphatic heterocycles. The molecule has 1 aromatic rings. The number of likely N-dealkylation sites (tertiary alicyclic amines) is 1. The highest BCUT2D eigenvalue weighted by Gasteiger charge is 2.35. The Hall–Kier alpha value is -2.07. The highest BCUT2D eigenvalue weighted by Crippen LogP contribution is 2.35. The molecule has 36 heavy (non-hydrogen) atoms. The molecular formula is C26H41ClN4O5.